The highest BCUT2D eigenvalue weighted by atomic mass is 16.3. The summed E-state index contributed by atoms with van der Waals surface area (Å²) in [7, 11) is 4.24. The van der Waals surface area contributed by atoms with Crippen molar-refractivity contribution in [3.8, 4) is 0 Å². The number of nitrogens with zero attached hydrogens (tertiary/aromatic N) is 3. The third-order valence-electron chi connectivity index (χ3n) is 3.28. The van der Waals surface area contributed by atoms with E-state index in [0.29, 0.717) is 6.04 Å². The molecule has 0 bridgehead atoms. The smallest absolute Gasteiger partial charge is 0.0717 e. The van der Waals surface area contributed by atoms with Gasteiger partial charge in [-0.3, -0.25) is 4.98 Å². The summed E-state index contributed by atoms with van der Waals surface area (Å²) in [6, 6.07) is 2.60. The van der Waals surface area contributed by atoms with Gasteiger partial charge in [0.2, 0.25) is 0 Å². The minimum Gasteiger partial charge on any atom is -0.392 e. The third kappa shape index (κ3) is 2.18. The Morgan fingerprint density at radius 1 is 1.56 bits per heavy atom. The number of aliphatic hydroxyl groups is 1. The Morgan fingerprint density at radius 3 is 3.00 bits per heavy atom. The first-order chi connectivity index (χ1) is 7.72. The van der Waals surface area contributed by atoms with E-state index >= 15 is 0 Å². The minimum atomic E-state index is 0.0618. The molecule has 0 aromatic carbocycles. The molecule has 4 heteroatoms. The summed E-state index contributed by atoms with van der Waals surface area (Å²) >= 11 is 0. The molecule has 0 aliphatic carbocycles. The van der Waals surface area contributed by atoms with E-state index in [2.05, 4.69) is 28.9 Å². The van der Waals surface area contributed by atoms with Crippen molar-refractivity contribution in [1.29, 1.82) is 0 Å². The van der Waals surface area contributed by atoms with Crippen LogP contribution < -0.4 is 4.90 Å². The highest BCUT2D eigenvalue weighted by molar-refractivity contribution is 5.53. The summed E-state index contributed by atoms with van der Waals surface area (Å²) < 4.78 is 0. The Kier molecular flexibility index (Phi) is 3.41. The van der Waals surface area contributed by atoms with Crippen LogP contribution in [0.25, 0.3) is 0 Å². The fourth-order valence-corrected chi connectivity index (χ4v) is 2.23. The van der Waals surface area contributed by atoms with Crippen molar-refractivity contribution in [2.75, 3.05) is 32.1 Å². The second kappa shape index (κ2) is 4.80. The van der Waals surface area contributed by atoms with Crippen molar-refractivity contribution in [2.45, 2.75) is 19.1 Å². The molecule has 1 fully saturated rings. The molecular formula is C12H19N3O. The van der Waals surface area contributed by atoms with Crippen LogP contribution in [0.5, 0.6) is 0 Å². The maximum Gasteiger partial charge on any atom is 0.0717 e. The van der Waals surface area contributed by atoms with Crippen molar-refractivity contribution >= 4 is 5.69 Å². The minimum absolute atomic E-state index is 0.0618. The lowest BCUT2D eigenvalue weighted by Crippen LogP contribution is -2.31. The molecule has 0 radical (unpaired) electrons. The first kappa shape index (κ1) is 11.4. The molecule has 2 heterocycles. The number of aliphatic hydroxyl groups excluding tert-OH is 1. The maximum atomic E-state index is 9.28. The van der Waals surface area contributed by atoms with Gasteiger partial charge in [-0.05, 0) is 26.6 Å². The molecule has 88 valence electrons. The quantitative estimate of drug-likeness (QED) is 0.816. The molecule has 0 amide bonds. The standard InChI is InChI=1S/C12H19N3O/c1-14(2)11-4-6-15(8-11)12-3-5-13-7-10(12)9-16/h3,5,7,11,16H,4,6,8-9H2,1-2H3. The Hall–Kier alpha value is -1.13. The van der Waals surface area contributed by atoms with Gasteiger partial charge in [-0.15, -0.1) is 0 Å². The van der Waals surface area contributed by atoms with Crippen LogP contribution in [-0.2, 0) is 6.61 Å². The van der Waals surface area contributed by atoms with Gasteiger partial charge in [-0.1, -0.05) is 0 Å². The van der Waals surface area contributed by atoms with E-state index in [1.807, 2.05) is 6.07 Å². The number of anilines is 1. The van der Waals surface area contributed by atoms with E-state index in [1.54, 1.807) is 12.4 Å². The van der Waals surface area contributed by atoms with Gasteiger partial charge < -0.3 is 14.9 Å². The number of pyridine rings is 1. The van der Waals surface area contributed by atoms with Crippen LogP contribution in [0.15, 0.2) is 18.5 Å². The third-order valence-corrected chi connectivity index (χ3v) is 3.28. The molecule has 1 saturated heterocycles. The monoisotopic (exact) mass is 221 g/mol. The molecule has 1 N–H and O–H groups in total. The van der Waals surface area contributed by atoms with Crippen LogP contribution in [0.2, 0.25) is 0 Å². The molecule has 1 aliphatic rings. The number of rotatable bonds is 3. The molecule has 1 aromatic rings. The number of aromatic nitrogens is 1. The van der Waals surface area contributed by atoms with E-state index in [0.717, 1.165) is 24.3 Å². The molecule has 2 rings (SSSR count). The van der Waals surface area contributed by atoms with E-state index < -0.39 is 0 Å². The number of hydrogen-bond donors (Lipinski definition) is 1. The van der Waals surface area contributed by atoms with Crippen molar-refractivity contribution in [2.24, 2.45) is 0 Å². The van der Waals surface area contributed by atoms with Crippen molar-refractivity contribution in [3.63, 3.8) is 0 Å². The number of hydrogen-bond acceptors (Lipinski definition) is 4. The van der Waals surface area contributed by atoms with E-state index in [4.69, 9.17) is 0 Å². The average molecular weight is 221 g/mol. The van der Waals surface area contributed by atoms with Gasteiger partial charge in [0, 0.05) is 42.8 Å². The van der Waals surface area contributed by atoms with Crippen LogP contribution in [0, 0.1) is 0 Å². The Bertz CT molecular complexity index is 354. The van der Waals surface area contributed by atoms with Crippen LogP contribution >= 0.6 is 0 Å². The molecule has 1 atom stereocenters. The van der Waals surface area contributed by atoms with Crippen molar-refractivity contribution < 1.29 is 5.11 Å². The van der Waals surface area contributed by atoms with Crippen molar-refractivity contribution in [1.82, 2.24) is 9.88 Å². The van der Waals surface area contributed by atoms with Crippen LogP contribution in [0.4, 0.5) is 5.69 Å². The molecule has 1 aliphatic heterocycles. The number of likely N-dealkylation sites (N-methyl/N-ethyl adjacent to an activating group) is 1. The van der Waals surface area contributed by atoms with Gasteiger partial charge in [0.25, 0.3) is 0 Å². The summed E-state index contributed by atoms with van der Waals surface area (Å²) in [5.41, 5.74) is 2.05. The van der Waals surface area contributed by atoms with E-state index in [9.17, 15) is 5.11 Å². The molecule has 1 unspecified atom stereocenters. The average Bonchev–Trinajstić information content (AvgIpc) is 2.78. The lowest BCUT2D eigenvalue weighted by Gasteiger charge is -2.23. The lowest BCUT2D eigenvalue weighted by molar-refractivity contribution is 0.281. The first-order valence-corrected chi connectivity index (χ1v) is 5.67. The molecule has 4 nitrogen and oxygen atoms in total. The van der Waals surface area contributed by atoms with Crippen LogP contribution in [-0.4, -0.2) is 48.2 Å². The predicted octanol–water partition coefficient (Wildman–Crippen LogP) is 0.714. The summed E-state index contributed by atoms with van der Waals surface area (Å²) in [4.78, 5) is 8.64. The molecule has 1 aromatic heterocycles. The van der Waals surface area contributed by atoms with Crippen molar-refractivity contribution in [3.05, 3.63) is 24.0 Å². The summed E-state index contributed by atoms with van der Waals surface area (Å²) in [5.74, 6) is 0. The fourth-order valence-electron chi connectivity index (χ4n) is 2.23. The van der Waals surface area contributed by atoms with Gasteiger partial charge in [0.15, 0.2) is 0 Å². The SMILES string of the molecule is CN(C)C1CCN(c2ccncc2CO)C1. The van der Waals surface area contributed by atoms with Gasteiger partial charge in [-0.25, -0.2) is 0 Å². The van der Waals surface area contributed by atoms with Gasteiger partial charge in [-0.2, -0.15) is 0 Å². The maximum absolute atomic E-state index is 9.28. The fraction of sp³-hybridized carbons (Fsp3) is 0.583. The van der Waals surface area contributed by atoms with E-state index in [-0.39, 0.29) is 6.61 Å². The normalized spacial score (nSPS) is 20.8. The van der Waals surface area contributed by atoms with Gasteiger partial charge in [0.1, 0.15) is 0 Å². The summed E-state index contributed by atoms with van der Waals surface area (Å²) in [5, 5.41) is 9.28. The summed E-state index contributed by atoms with van der Waals surface area (Å²) in [6.45, 7) is 2.15. The topological polar surface area (TPSA) is 39.6 Å². The molecule has 16 heavy (non-hydrogen) atoms. The highest BCUT2D eigenvalue weighted by Crippen LogP contribution is 2.25. The largest absolute Gasteiger partial charge is 0.392 e. The van der Waals surface area contributed by atoms with Gasteiger partial charge in [0.05, 0.1) is 6.61 Å². The zero-order valence-corrected chi connectivity index (χ0v) is 9.93. The zero-order chi connectivity index (χ0) is 11.5. The lowest BCUT2D eigenvalue weighted by atomic mass is 10.2. The molecular weight excluding hydrogens is 202 g/mol. The van der Waals surface area contributed by atoms with Crippen LogP contribution in [0.3, 0.4) is 0 Å². The van der Waals surface area contributed by atoms with Crippen LogP contribution in [0.1, 0.15) is 12.0 Å². The van der Waals surface area contributed by atoms with E-state index in [1.165, 1.54) is 6.42 Å². The molecule has 0 spiro atoms. The Balaban J connectivity index is 2.14. The van der Waals surface area contributed by atoms with Gasteiger partial charge >= 0.3 is 0 Å². The predicted molar refractivity (Wildman–Crippen MR) is 64.5 cm³/mol. The highest BCUT2D eigenvalue weighted by Gasteiger charge is 2.25. The first-order valence-electron chi connectivity index (χ1n) is 5.67. The zero-order valence-electron chi connectivity index (χ0n) is 9.93. The second-order valence-corrected chi connectivity index (χ2v) is 4.51. The summed E-state index contributed by atoms with van der Waals surface area (Å²) in [6.07, 6.45) is 4.72. The Labute approximate surface area is 96.5 Å². The Morgan fingerprint density at radius 2 is 2.38 bits per heavy atom. The molecule has 0 saturated carbocycles. The second-order valence-electron chi connectivity index (χ2n) is 4.51.